The summed E-state index contributed by atoms with van der Waals surface area (Å²) in [6.45, 7) is 0.945. The lowest BCUT2D eigenvalue weighted by Crippen LogP contribution is -2.44. The minimum Gasteiger partial charge on any atom is -0.394 e. The number of hydrogen-bond acceptors (Lipinski definition) is 5. The van der Waals surface area contributed by atoms with Crippen LogP contribution in [0.25, 0.3) is 17.0 Å². The van der Waals surface area contributed by atoms with Crippen molar-refractivity contribution in [3.63, 3.8) is 0 Å². The Bertz CT molecular complexity index is 1140. The molecule has 1 amide bonds. The molecule has 1 aromatic carbocycles. The second-order valence-electron chi connectivity index (χ2n) is 7.32. The third kappa shape index (κ3) is 5.59. The van der Waals surface area contributed by atoms with Gasteiger partial charge in [-0.1, -0.05) is 29.8 Å². The number of aliphatic hydroxyl groups is 2. The monoisotopic (exact) mass is 459 g/mol. The molecule has 0 bridgehead atoms. The molecular weight excluding hydrogens is 437 g/mol. The SMILES string of the molecule is CC(NC(=O)c1cc(-c2ccc(Cl)cc2)nn(C2=C/C(F)=C\CC/C=C\2)c1=O)C(O)CO. The Labute approximate surface area is 189 Å². The molecule has 1 aliphatic carbocycles. The van der Waals surface area contributed by atoms with E-state index in [2.05, 4.69) is 10.4 Å². The summed E-state index contributed by atoms with van der Waals surface area (Å²) in [4.78, 5) is 26.0. The quantitative estimate of drug-likeness (QED) is 0.615. The zero-order valence-electron chi connectivity index (χ0n) is 17.3. The van der Waals surface area contributed by atoms with Crippen molar-refractivity contribution in [1.29, 1.82) is 0 Å². The summed E-state index contributed by atoms with van der Waals surface area (Å²) < 4.78 is 15.2. The van der Waals surface area contributed by atoms with E-state index in [9.17, 15) is 19.1 Å². The highest BCUT2D eigenvalue weighted by atomic mass is 35.5. The lowest BCUT2D eigenvalue weighted by molar-refractivity contribution is 0.0610. The Morgan fingerprint density at radius 1 is 1.31 bits per heavy atom. The highest BCUT2D eigenvalue weighted by Gasteiger charge is 2.22. The van der Waals surface area contributed by atoms with Gasteiger partial charge in [0, 0.05) is 10.6 Å². The van der Waals surface area contributed by atoms with Crippen molar-refractivity contribution in [1.82, 2.24) is 15.1 Å². The van der Waals surface area contributed by atoms with Gasteiger partial charge in [-0.3, -0.25) is 9.59 Å². The van der Waals surface area contributed by atoms with Gasteiger partial charge in [0.2, 0.25) is 0 Å². The first-order valence-corrected chi connectivity index (χ1v) is 10.4. The number of hydrogen-bond donors (Lipinski definition) is 3. The van der Waals surface area contributed by atoms with E-state index in [1.807, 2.05) is 0 Å². The molecule has 0 spiro atoms. The summed E-state index contributed by atoms with van der Waals surface area (Å²) >= 11 is 5.96. The van der Waals surface area contributed by atoms with Gasteiger partial charge in [0.1, 0.15) is 11.4 Å². The van der Waals surface area contributed by atoms with E-state index in [-0.39, 0.29) is 11.3 Å². The van der Waals surface area contributed by atoms with Crippen LogP contribution in [0.3, 0.4) is 0 Å². The Morgan fingerprint density at radius 3 is 2.72 bits per heavy atom. The molecule has 0 fully saturated rings. The highest BCUT2D eigenvalue weighted by Crippen LogP contribution is 2.21. The average molecular weight is 460 g/mol. The number of halogens is 2. The van der Waals surface area contributed by atoms with Crippen molar-refractivity contribution in [2.24, 2.45) is 0 Å². The maximum Gasteiger partial charge on any atom is 0.284 e. The van der Waals surface area contributed by atoms with Gasteiger partial charge in [0.25, 0.3) is 11.5 Å². The molecule has 9 heteroatoms. The Hall–Kier alpha value is -3.07. The number of rotatable bonds is 6. The smallest absolute Gasteiger partial charge is 0.284 e. The number of amides is 1. The number of nitrogens with zero attached hydrogens (tertiary/aromatic N) is 2. The second-order valence-corrected chi connectivity index (χ2v) is 7.75. The zero-order valence-corrected chi connectivity index (χ0v) is 18.1. The molecule has 168 valence electrons. The van der Waals surface area contributed by atoms with Crippen LogP contribution in [0.15, 0.2) is 65.3 Å². The van der Waals surface area contributed by atoms with Crippen molar-refractivity contribution < 1.29 is 19.4 Å². The van der Waals surface area contributed by atoms with Crippen molar-refractivity contribution in [2.45, 2.75) is 31.9 Å². The summed E-state index contributed by atoms with van der Waals surface area (Å²) in [5, 5.41) is 26.2. The number of benzene rings is 1. The zero-order chi connectivity index (χ0) is 23.3. The fourth-order valence-electron chi connectivity index (χ4n) is 3.03. The molecule has 3 N–H and O–H groups in total. The minimum atomic E-state index is -1.20. The molecule has 2 aromatic rings. The summed E-state index contributed by atoms with van der Waals surface area (Å²) in [6, 6.07) is 7.17. The van der Waals surface area contributed by atoms with Crippen LogP contribution in [0.1, 0.15) is 30.1 Å². The largest absolute Gasteiger partial charge is 0.394 e. The van der Waals surface area contributed by atoms with E-state index >= 15 is 0 Å². The van der Waals surface area contributed by atoms with Crippen LogP contribution >= 0.6 is 11.6 Å². The third-order valence-corrected chi connectivity index (χ3v) is 5.16. The molecule has 0 saturated carbocycles. The van der Waals surface area contributed by atoms with Gasteiger partial charge >= 0.3 is 0 Å². The number of carbonyl (C=O) groups is 1. The average Bonchev–Trinajstić information content (AvgIpc) is 2.76. The second kappa shape index (κ2) is 10.5. The van der Waals surface area contributed by atoms with Crippen molar-refractivity contribution >= 4 is 23.2 Å². The van der Waals surface area contributed by atoms with Gasteiger partial charge in [-0.05, 0) is 56.2 Å². The normalized spacial score (nSPS) is 20.0. The summed E-state index contributed by atoms with van der Waals surface area (Å²) in [5.74, 6) is -1.27. The highest BCUT2D eigenvalue weighted by molar-refractivity contribution is 6.30. The summed E-state index contributed by atoms with van der Waals surface area (Å²) in [5.41, 5.74) is 0.0456. The van der Waals surface area contributed by atoms with Gasteiger partial charge in [-0.15, -0.1) is 0 Å². The maximum absolute atomic E-state index is 14.2. The van der Waals surface area contributed by atoms with Crippen molar-refractivity contribution in [3.05, 3.63) is 81.4 Å². The topological polar surface area (TPSA) is 104 Å². The van der Waals surface area contributed by atoms with Crippen LogP contribution in [-0.2, 0) is 0 Å². The molecule has 2 unspecified atom stereocenters. The van der Waals surface area contributed by atoms with E-state index in [1.54, 1.807) is 36.4 Å². The van der Waals surface area contributed by atoms with Crippen LogP contribution in [-0.4, -0.2) is 44.7 Å². The van der Waals surface area contributed by atoms with Crippen molar-refractivity contribution in [2.75, 3.05) is 6.61 Å². The molecular formula is C23H23ClFN3O4. The third-order valence-electron chi connectivity index (χ3n) is 4.91. The molecule has 0 saturated heterocycles. The molecule has 2 atom stereocenters. The standard InChI is InChI=1S/C23H23ClFN3O4/c1-14(21(30)13-29)26-22(31)19-12-20(15-7-9-16(24)10-8-15)27-28(23(19)32)18-6-4-2-3-5-17(25)11-18/h4-12,14,21,29-30H,2-3,13H2,1H3,(H,26,31)/b6-4-,17-5+,18-11+. The predicted octanol–water partition coefficient (Wildman–Crippen LogP) is 3.08. The number of aromatic nitrogens is 2. The van der Waals surface area contributed by atoms with Crippen LogP contribution < -0.4 is 10.9 Å². The molecule has 7 nitrogen and oxygen atoms in total. The molecule has 0 radical (unpaired) electrons. The Balaban J connectivity index is 2.16. The number of allylic oxidation sites excluding steroid dienone is 6. The Morgan fingerprint density at radius 2 is 2.03 bits per heavy atom. The van der Waals surface area contributed by atoms with Crippen LogP contribution in [0, 0.1) is 0 Å². The summed E-state index contributed by atoms with van der Waals surface area (Å²) in [6.07, 6.45) is 5.86. The van der Waals surface area contributed by atoms with E-state index in [1.165, 1.54) is 25.1 Å². The van der Waals surface area contributed by atoms with Gasteiger partial charge in [0.15, 0.2) is 0 Å². The first-order valence-electron chi connectivity index (χ1n) is 10.0. The predicted molar refractivity (Wildman–Crippen MR) is 121 cm³/mol. The summed E-state index contributed by atoms with van der Waals surface area (Å²) in [7, 11) is 0. The number of carbonyl (C=O) groups excluding carboxylic acids is 1. The van der Waals surface area contributed by atoms with E-state index in [4.69, 9.17) is 16.7 Å². The lowest BCUT2D eigenvalue weighted by Gasteiger charge is -2.19. The van der Waals surface area contributed by atoms with Crippen LogP contribution in [0.2, 0.25) is 5.02 Å². The van der Waals surface area contributed by atoms with Gasteiger partial charge in [-0.25, -0.2) is 4.39 Å². The first-order chi connectivity index (χ1) is 15.3. The fourth-order valence-corrected chi connectivity index (χ4v) is 3.16. The Kier molecular flexibility index (Phi) is 7.74. The molecule has 1 aliphatic rings. The number of aliphatic hydroxyl groups excluding tert-OH is 2. The fraction of sp³-hybridized carbons (Fsp3) is 0.261. The molecule has 1 aromatic heterocycles. The molecule has 0 aliphatic heterocycles. The molecule has 3 rings (SSSR count). The van der Waals surface area contributed by atoms with Crippen LogP contribution in [0.5, 0.6) is 0 Å². The lowest BCUT2D eigenvalue weighted by atomic mass is 10.1. The van der Waals surface area contributed by atoms with Gasteiger partial charge < -0.3 is 15.5 Å². The number of nitrogens with one attached hydrogen (secondary N) is 1. The van der Waals surface area contributed by atoms with Crippen molar-refractivity contribution in [3.8, 4) is 11.3 Å². The van der Waals surface area contributed by atoms with E-state index < -0.39 is 36.0 Å². The van der Waals surface area contributed by atoms with Gasteiger partial charge in [-0.2, -0.15) is 9.78 Å². The van der Waals surface area contributed by atoms with E-state index in [0.29, 0.717) is 29.1 Å². The maximum atomic E-state index is 14.2. The first kappa shape index (κ1) is 23.6. The van der Waals surface area contributed by atoms with Crippen LogP contribution in [0.4, 0.5) is 4.39 Å². The molecule has 32 heavy (non-hydrogen) atoms. The molecule has 1 heterocycles. The van der Waals surface area contributed by atoms with Gasteiger partial charge in [0.05, 0.1) is 30.1 Å². The minimum absolute atomic E-state index is 0.164. The van der Waals surface area contributed by atoms with E-state index in [0.717, 1.165) is 4.68 Å².